The van der Waals surface area contributed by atoms with E-state index in [1.807, 2.05) is 60.7 Å². The van der Waals surface area contributed by atoms with Gasteiger partial charge in [0.1, 0.15) is 0 Å². The first-order chi connectivity index (χ1) is 9.74. The summed E-state index contributed by atoms with van der Waals surface area (Å²) in [6, 6.07) is 19.1. The number of hydrogen-bond acceptors (Lipinski definition) is 1. The predicted molar refractivity (Wildman–Crippen MR) is 82.2 cm³/mol. The molecule has 0 aliphatic rings. The lowest BCUT2D eigenvalue weighted by Gasteiger charge is -2.12. The Balaban J connectivity index is 2.64. The molecule has 2 aromatic carbocycles. The normalized spacial score (nSPS) is 11.8. The molecule has 2 aromatic rings. The minimum atomic E-state index is -0.872. The molecule has 0 unspecified atom stereocenters. The smallest absolute Gasteiger partial charge is 0.336 e. The fourth-order valence-corrected chi connectivity index (χ4v) is 2.33. The van der Waals surface area contributed by atoms with Gasteiger partial charge in [0.05, 0.1) is 5.57 Å². The Kier molecular flexibility index (Phi) is 4.72. The van der Waals surface area contributed by atoms with Crippen molar-refractivity contribution in [3.05, 3.63) is 71.8 Å². The number of rotatable bonds is 5. The predicted octanol–water partition coefficient (Wildman–Crippen LogP) is 4.48. The average molecular weight is 266 g/mol. The van der Waals surface area contributed by atoms with Crippen LogP contribution >= 0.6 is 0 Å². The van der Waals surface area contributed by atoms with Gasteiger partial charge in [-0.05, 0) is 23.1 Å². The van der Waals surface area contributed by atoms with Gasteiger partial charge < -0.3 is 5.11 Å². The number of allylic oxidation sites excluding steroid dienone is 1. The lowest BCUT2D eigenvalue weighted by Crippen LogP contribution is -2.04. The van der Waals surface area contributed by atoms with E-state index in [1.165, 1.54) is 0 Å². The van der Waals surface area contributed by atoms with Crippen LogP contribution in [0.15, 0.2) is 60.7 Å². The van der Waals surface area contributed by atoms with Crippen molar-refractivity contribution in [2.75, 3.05) is 0 Å². The molecular formula is C18H18O2. The Morgan fingerprint density at radius 3 is 1.85 bits per heavy atom. The van der Waals surface area contributed by atoms with Gasteiger partial charge in [0.2, 0.25) is 0 Å². The SMILES string of the molecule is CCCC(=C(C(=O)O)c1ccccc1)c1ccccc1. The summed E-state index contributed by atoms with van der Waals surface area (Å²) in [6.07, 6.45) is 1.66. The molecule has 0 heterocycles. The summed E-state index contributed by atoms with van der Waals surface area (Å²) in [5, 5.41) is 9.63. The minimum Gasteiger partial charge on any atom is -0.478 e. The maximum atomic E-state index is 11.7. The maximum absolute atomic E-state index is 11.7. The third-order valence-corrected chi connectivity index (χ3v) is 3.20. The molecule has 0 aliphatic carbocycles. The first-order valence-corrected chi connectivity index (χ1v) is 6.81. The highest BCUT2D eigenvalue weighted by Gasteiger charge is 2.17. The van der Waals surface area contributed by atoms with Gasteiger partial charge in [0.25, 0.3) is 0 Å². The molecule has 1 N–H and O–H groups in total. The van der Waals surface area contributed by atoms with Gasteiger partial charge >= 0.3 is 5.97 Å². The second-order valence-electron chi connectivity index (χ2n) is 4.64. The fourth-order valence-electron chi connectivity index (χ4n) is 2.33. The third kappa shape index (κ3) is 3.15. The molecule has 0 fully saturated rings. The topological polar surface area (TPSA) is 37.3 Å². The molecule has 20 heavy (non-hydrogen) atoms. The monoisotopic (exact) mass is 266 g/mol. The molecule has 2 rings (SSSR count). The quantitative estimate of drug-likeness (QED) is 0.640. The van der Waals surface area contributed by atoms with E-state index < -0.39 is 5.97 Å². The van der Waals surface area contributed by atoms with Crippen LogP contribution in [0.4, 0.5) is 0 Å². The average Bonchev–Trinajstić information content (AvgIpc) is 2.48. The molecule has 102 valence electrons. The number of benzene rings is 2. The van der Waals surface area contributed by atoms with Crippen LogP contribution in [0.25, 0.3) is 11.1 Å². The van der Waals surface area contributed by atoms with E-state index in [0.717, 1.165) is 29.5 Å². The number of hydrogen-bond donors (Lipinski definition) is 1. The van der Waals surface area contributed by atoms with Gasteiger partial charge in [0.15, 0.2) is 0 Å². The molecule has 0 atom stereocenters. The van der Waals surface area contributed by atoms with E-state index in [2.05, 4.69) is 6.92 Å². The highest BCUT2D eigenvalue weighted by atomic mass is 16.4. The van der Waals surface area contributed by atoms with Crippen molar-refractivity contribution in [3.8, 4) is 0 Å². The Morgan fingerprint density at radius 1 is 0.900 bits per heavy atom. The van der Waals surface area contributed by atoms with Gasteiger partial charge in [-0.25, -0.2) is 4.79 Å². The van der Waals surface area contributed by atoms with E-state index in [-0.39, 0.29) is 0 Å². The highest BCUT2D eigenvalue weighted by molar-refractivity contribution is 6.23. The van der Waals surface area contributed by atoms with Gasteiger partial charge in [-0.15, -0.1) is 0 Å². The van der Waals surface area contributed by atoms with Crippen molar-refractivity contribution in [2.45, 2.75) is 19.8 Å². The number of carbonyl (C=O) groups is 1. The molecule has 2 heteroatoms. The Morgan fingerprint density at radius 2 is 1.40 bits per heavy atom. The van der Waals surface area contributed by atoms with Crippen LogP contribution < -0.4 is 0 Å². The molecule has 2 nitrogen and oxygen atoms in total. The summed E-state index contributed by atoms with van der Waals surface area (Å²) in [5.41, 5.74) is 3.04. The van der Waals surface area contributed by atoms with Gasteiger partial charge in [-0.3, -0.25) is 0 Å². The zero-order valence-electron chi connectivity index (χ0n) is 11.5. The van der Waals surface area contributed by atoms with E-state index in [4.69, 9.17) is 0 Å². The zero-order chi connectivity index (χ0) is 14.4. The van der Waals surface area contributed by atoms with Crippen molar-refractivity contribution in [2.24, 2.45) is 0 Å². The van der Waals surface area contributed by atoms with Crippen LogP contribution in [0.1, 0.15) is 30.9 Å². The Hall–Kier alpha value is -2.35. The summed E-state index contributed by atoms with van der Waals surface area (Å²) in [7, 11) is 0. The van der Waals surface area contributed by atoms with Gasteiger partial charge in [-0.2, -0.15) is 0 Å². The van der Waals surface area contributed by atoms with E-state index in [0.29, 0.717) is 5.57 Å². The largest absolute Gasteiger partial charge is 0.478 e. The van der Waals surface area contributed by atoms with Crippen molar-refractivity contribution >= 4 is 17.1 Å². The second-order valence-corrected chi connectivity index (χ2v) is 4.64. The van der Waals surface area contributed by atoms with Crippen LogP contribution in [-0.4, -0.2) is 11.1 Å². The number of aliphatic carboxylic acids is 1. The molecule has 0 radical (unpaired) electrons. The molecule has 0 amide bonds. The maximum Gasteiger partial charge on any atom is 0.336 e. The summed E-state index contributed by atoms with van der Waals surface area (Å²) >= 11 is 0. The summed E-state index contributed by atoms with van der Waals surface area (Å²) < 4.78 is 0. The van der Waals surface area contributed by atoms with E-state index in [1.54, 1.807) is 0 Å². The lowest BCUT2D eigenvalue weighted by molar-refractivity contribution is -0.130. The van der Waals surface area contributed by atoms with Crippen LogP contribution in [0.5, 0.6) is 0 Å². The third-order valence-electron chi connectivity index (χ3n) is 3.20. The molecule has 0 bridgehead atoms. The van der Waals surface area contributed by atoms with Crippen molar-refractivity contribution in [3.63, 3.8) is 0 Å². The van der Waals surface area contributed by atoms with Crippen LogP contribution in [-0.2, 0) is 4.79 Å². The first kappa shape index (κ1) is 14.1. The fraction of sp³-hybridized carbons (Fsp3) is 0.167. The van der Waals surface area contributed by atoms with E-state index in [9.17, 15) is 9.90 Å². The lowest BCUT2D eigenvalue weighted by atomic mass is 9.92. The van der Waals surface area contributed by atoms with Crippen LogP contribution in [0.2, 0.25) is 0 Å². The van der Waals surface area contributed by atoms with E-state index >= 15 is 0 Å². The van der Waals surface area contributed by atoms with Crippen molar-refractivity contribution < 1.29 is 9.90 Å². The van der Waals surface area contributed by atoms with Gasteiger partial charge in [0, 0.05) is 0 Å². The van der Waals surface area contributed by atoms with Crippen LogP contribution in [0.3, 0.4) is 0 Å². The van der Waals surface area contributed by atoms with Crippen LogP contribution in [0, 0.1) is 0 Å². The van der Waals surface area contributed by atoms with Gasteiger partial charge in [-0.1, -0.05) is 74.0 Å². The van der Waals surface area contributed by atoms with Crippen molar-refractivity contribution in [1.29, 1.82) is 0 Å². The molecule has 0 spiro atoms. The molecular weight excluding hydrogens is 248 g/mol. The Bertz CT molecular complexity index is 598. The second kappa shape index (κ2) is 6.71. The first-order valence-electron chi connectivity index (χ1n) is 6.81. The summed E-state index contributed by atoms with van der Waals surface area (Å²) in [5.74, 6) is -0.872. The summed E-state index contributed by atoms with van der Waals surface area (Å²) in [4.78, 5) is 11.7. The Labute approximate surface area is 119 Å². The molecule has 0 saturated heterocycles. The number of carboxylic acids is 1. The minimum absolute atomic E-state index is 0.402. The summed E-state index contributed by atoms with van der Waals surface area (Å²) in [6.45, 7) is 2.06. The molecule has 0 saturated carbocycles. The van der Waals surface area contributed by atoms with Crippen molar-refractivity contribution in [1.82, 2.24) is 0 Å². The standard InChI is InChI=1S/C18H18O2/c1-2-9-16(14-10-5-3-6-11-14)17(18(19)20)15-12-7-4-8-13-15/h3-8,10-13H,2,9H2,1H3,(H,19,20). The zero-order valence-corrected chi connectivity index (χ0v) is 11.5. The highest BCUT2D eigenvalue weighted by Crippen LogP contribution is 2.30. The number of carboxylic acid groups (broad SMARTS) is 1. The molecule has 0 aliphatic heterocycles. The molecule has 0 aromatic heterocycles.